The molecule has 6 nitrogen and oxygen atoms in total. The molecule has 0 radical (unpaired) electrons. The maximum atomic E-state index is 12.8. The summed E-state index contributed by atoms with van der Waals surface area (Å²) in [6, 6.07) is 16.4. The molecule has 142 valence electrons. The molecule has 0 bridgehead atoms. The van der Waals surface area contributed by atoms with Crippen molar-refractivity contribution in [2.24, 2.45) is 0 Å². The SMILES string of the molecule is O=c1c2ccccc2c(-c2nnc(SCC(F)F)o2)nn1Cc1ccccc1. The molecule has 0 fully saturated rings. The van der Waals surface area contributed by atoms with E-state index in [1.54, 1.807) is 24.3 Å². The van der Waals surface area contributed by atoms with Gasteiger partial charge in [0, 0.05) is 5.39 Å². The third kappa shape index (κ3) is 3.79. The Hall–Kier alpha value is -3.07. The van der Waals surface area contributed by atoms with E-state index in [0.717, 1.165) is 17.3 Å². The molecule has 0 aliphatic rings. The molecule has 0 N–H and O–H groups in total. The van der Waals surface area contributed by atoms with Crippen molar-refractivity contribution >= 4 is 22.5 Å². The van der Waals surface area contributed by atoms with Crippen LogP contribution in [0.15, 0.2) is 69.0 Å². The van der Waals surface area contributed by atoms with Gasteiger partial charge in [-0.2, -0.15) is 5.10 Å². The van der Waals surface area contributed by atoms with Gasteiger partial charge in [0.1, 0.15) is 0 Å². The van der Waals surface area contributed by atoms with E-state index in [9.17, 15) is 13.6 Å². The van der Waals surface area contributed by atoms with Crippen molar-refractivity contribution in [1.29, 1.82) is 0 Å². The molecule has 2 aromatic heterocycles. The molecule has 2 aromatic carbocycles. The quantitative estimate of drug-likeness (QED) is 0.458. The zero-order valence-corrected chi connectivity index (χ0v) is 15.3. The normalized spacial score (nSPS) is 11.4. The summed E-state index contributed by atoms with van der Waals surface area (Å²) in [4.78, 5) is 12.8. The van der Waals surface area contributed by atoms with Crippen molar-refractivity contribution < 1.29 is 13.2 Å². The van der Waals surface area contributed by atoms with E-state index in [1.165, 1.54) is 4.68 Å². The van der Waals surface area contributed by atoms with Gasteiger partial charge in [-0.05, 0) is 11.6 Å². The van der Waals surface area contributed by atoms with Gasteiger partial charge in [-0.3, -0.25) is 4.79 Å². The highest BCUT2D eigenvalue weighted by Gasteiger charge is 2.18. The van der Waals surface area contributed by atoms with E-state index < -0.39 is 12.2 Å². The van der Waals surface area contributed by atoms with E-state index in [4.69, 9.17) is 4.42 Å². The third-order valence-electron chi connectivity index (χ3n) is 3.98. The molecule has 0 unspecified atom stereocenters. The van der Waals surface area contributed by atoms with E-state index in [1.807, 2.05) is 30.3 Å². The van der Waals surface area contributed by atoms with Crippen LogP contribution in [0, 0.1) is 0 Å². The largest absolute Gasteiger partial charge is 0.410 e. The second-order valence-corrected chi connectivity index (χ2v) is 6.89. The van der Waals surface area contributed by atoms with Crippen molar-refractivity contribution in [2.45, 2.75) is 18.2 Å². The first-order valence-corrected chi connectivity index (χ1v) is 9.39. The summed E-state index contributed by atoms with van der Waals surface area (Å²) in [5.41, 5.74) is 1.01. The maximum absolute atomic E-state index is 12.8. The van der Waals surface area contributed by atoms with Gasteiger partial charge in [-0.25, -0.2) is 13.5 Å². The van der Waals surface area contributed by atoms with Crippen LogP contribution in [0.4, 0.5) is 8.78 Å². The number of thioether (sulfide) groups is 1. The lowest BCUT2D eigenvalue weighted by molar-refractivity contribution is 0.176. The standard InChI is InChI=1S/C19H14F2N4O2S/c20-15(21)11-28-19-23-22-17(27-19)16-13-8-4-5-9-14(13)18(26)25(24-16)10-12-6-2-1-3-7-12/h1-9,15H,10-11H2. The minimum Gasteiger partial charge on any atom is -0.410 e. The molecule has 4 aromatic rings. The van der Waals surface area contributed by atoms with Crippen LogP contribution < -0.4 is 5.56 Å². The summed E-state index contributed by atoms with van der Waals surface area (Å²) in [6.45, 7) is 0.276. The number of alkyl halides is 2. The van der Waals surface area contributed by atoms with Crippen LogP contribution in [-0.2, 0) is 6.54 Å². The van der Waals surface area contributed by atoms with Crippen LogP contribution >= 0.6 is 11.8 Å². The number of rotatable bonds is 6. The van der Waals surface area contributed by atoms with Crippen LogP contribution in [0.5, 0.6) is 0 Å². The first kappa shape index (κ1) is 18.3. The summed E-state index contributed by atoms with van der Waals surface area (Å²) in [5.74, 6) is -0.363. The average molecular weight is 400 g/mol. The van der Waals surface area contributed by atoms with E-state index >= 15 is 0 Å². The van der Waals surface area contributed by atoms with Gasteiger partial charge < -0.3 is 4.42 Å². The van der Waals surface area contributed by atoms with Crippen molar-refractivity contribution in [3.63, 3.8) is 0 Å². The van der Waals surface area contributed by atoms with Crippen LogP contribution in [0.1, 0.15) is 5.56 Å². The molecule has 0 saturated carbocycles. The third-order valence-corrected chi connectivity index (χ3v) is 4.82. The zero-order chi connectivity index (χ0) is 19.5. The highest BCUT2D eigenvalue weighted by molar-refractivity contribution is 7.99. The number of nitrogens with zero attached hydrogens (tertiary/aromatic N) is 4. The van der Waals surface area contributed by atoms with Crippen LogP contribution in [0.25, 0.3) is 22.4 Å². The average Bonchev–Trinajstić information content (AvgIpc) is 3.18. The molecule has 2 heterocycles. The molecular weight excluding hydrogens is 386 g/mol. The highest BCUT2D eigenvalue weighted by Crippen LogP contribution is 2.27. The Balaban J connectivity index is 1.79. The summed E-state index contributed by atoms with van der Waals surface area (Å²) >= 11 is 0.773. The summed E-state index contributed by atoms with van der Waals surface area (Å²) in [5, 5.41) is 13.2. The second kappa shape index (κ2) is 7.89. The Bertz CT molecular complexity index is 1160. The van der Waals surface area contributed by atoms with Gasteiger partial charge in [0.25, 0.3) is 16.7 Å². The maximum Gasteiger partial charge on any atom is 0.277 e. The lowest BCUT2D eigenvalue weighted by atomic mass is 10.1. The van der Waals surface area contributed by atoms with Gasteiger partial charge in [0.05, 0.1) is 17.7 Å². The van der Waals surface area contributed by atoms with Crippen molar-refractivity contribution in [3.8, 4) is 11.6 Å². The number of halogens is 2. The Kier molecular flexibility index (Phi) is 5.16. The number of aromatic nitrogens is 4. The molecule has 0 amide bonds. The molecule has 0 aliphatic carbocycles. The van der Waals surface area contributed by atoms with Crippen molar-refractivity contribution in [3.05, 3.63) is 70.5 Å². The predicted molar refractivity (Wildman–Crippen MR) is 102 cm³/mol. The fraction of sp³-hybridized carbons (Fsp3) is 0.158. The monoisotopic (exact) mass is 400 g/mol. The van der Waals surface area contributed by atoms with Crippen LogP contribution in [0.2, 0.25) is 0 Å². The topological polar surface area (TPSA) is 73.8 Å². The van der Waals surface area contributed by atoms with E-state index in [2.05, 4.69) is 15.3 Å². The molecule has 0 spiro atoms. The first-order valence-electron chi connectivity index (χ1n) is 8.40. The zero-order valence-electron chi connectivity index (χ0n) is 14.5. The van der Waals surface area contributed by atoms with Crippen LogP contribution in [0.3, 0.4) is 0 Å². The minimum atomic E-state index is -2.48. The lowest BCUT2D eigenvalue weighted by Gasteiger charge is -2.09. The number of hydrogen-bond donors (Lipinski definition) is 0. The fourth-order valence-electron chi connectivity index (χ4n) is 2.75. The molecular formula is C19H14F2N4O2S. The van der Waals surface area contributed by atoms with Gasteiger partial charge in [-0.15, -0.1) is 10.2 Å². The summed E-state index contributed by atoms with van der Waals surface area (Å²) < 4.78 is 31.6. The minimum absolute atomic E-state index is 0.0296. The fourth-order valence-corrected chi connectivity index (χ4v) is 3.26. The summed E-state index contributed by atoms with van der Waals surface area (Å²) in [6.07, 6.45) is -2.48. The van der Waals surface area contributed by atoms with Gasteiger partial charge in [0.15, 0.2) is 5.69 Å². The molecule has 28 heavy (non-hydrogen) atoms. The first-order chi connectivity index (χ1) is 13.6. The Morgan fingerprint density at radius 3 is 2.46 bits per heavy atom. The number of fused-ring (bicyclic) bond motifs is 1. The Labute approximate surface area is 162 Å². The van der Waals surface area contributed by atoms with E-state index in [0.29, 0.717) is 16.5 Å². The summed E-state index contributed by atoms with van der Waals surface area (Å²) in [7, 11) is 0. The van der Waals surface area contributed by atoms with Crippen molar-refractivity contribution in [1.82, 2.24) is 20.0 Å². The van der Waals surface area contributed by atoms with Gasteiger partial charge in [-0.1, -0.05) is 60.3 Å². The van der Waals surface area contributed by atoms with Crippen molar-refractivity contribution in [2.75, 3.05) is 5.75 Å². The molecule has 9 heteroatoms. The smallest absolute Gasteiger partial charge is 0.277 e. The molecule has 0 aliphatic heterocycles. The molecule has 4 rings (SSSR count). The van der Waals surface area contributed by atoms with Gasteiger partial charge in [0.2, 0.25) is 6.43 Å². The number of benzene rings is 2. The second-order valence-electron chi connectivity index (χ2n) is 5.92. The highest BCUT2D eigenvalue weighted by atomic mass is 32.2. The lowest BCUT2D eigenvalue weighted by Crippen LogP contribution is -2.24. The molecule has 0 saturated heterocycles. The van der Waals surface area contributed by atoms with E-state index in [-0.39, 0.29) is 23.2 Å². The Morgan fingerprint density at radius 2 is 1.71 bits per heavy atom. The van der Waals surface area contributed by atoms with Crippen LogP contribution in [-0.4, -0.2) is 32.2 Å². The predicted octanol–water partition coefficient (Wildman–Crippen LogP) is 3.85. The number of hydrogen-bond acceptors (Lipinski definition) is 6. The molecule has 0 atom stereocenters. The van der Waals surface area contributed by atoms with Gasteiger partial charge >= 0.3 is 0 Å². The Morgan fingerprint density at radius 1 is 1.00 bits per heavy atom.